The molecule has 0 radical (unpaired) electrons. The lowest BCUT2D eigenvalue weighted by Gasteiger charge is -2.49. The van der Waals surface area contributed by atoms with E-state index in [2.05, 4.69) is 63.3 Å². The molecule has 8 heteroatoms. The number of carbonyl (C=O) groups excluding carboxylic acids is 1. The number of hydrogen-bond donors (Lipinski definition) is 0. The molecule has 0 saturated carbocycles. The number of carbonyl (C=O) groups is 1. The molecular weight excluding hydrogens is 476 g/mol. The van der Waals surface area contributed by atoms with E-state index in [0.717, 1.165) is 52.7 Å². The molecule has 0 bridgehead atoms. The first-order chi connectivity index (χ1) is 18.4. The van der Waals surface area contributed by atoms with Crippen LogP contribution in [-0.4, -0.2) is 56.4 Å². The molecule has 3 aliphatic heterocycles. The van der Waals surface area contributed by atoms with Crippen LogP contribution < -0.4 is 4.90 Å². The first kappa shape index (κ1) is 22.8. The summed E-state index contributed by atoms with van der Waals surface area (Å²) in [6.07, 6.45) is 6.69. The van der Waals surface area contributed by atoms with E-state index in [1.807, 2.05) is 42.7 Å². The summed E-state index contributed by atoms with van der Waals surface area (Å²) < 4.78 is 10.1. The van der Waals surface area contributed by atoms with Gasteiger partial charge in [-0.1, -0.05) is 12.1 Å². The molecule has 7 rings (SSSR count). The fourth-order valence-electron chi connectivity index (χ4n) is 5.82. The van der Waals surface area contributed by atoms with Gasteiger partial charge in [0.2, 0.25) is 0 Å². The summed E-state index contributed by atoms with van der Waals surface area (Å²) in [6, 6.07) is 18.1. The van der Waals surface area contributed by atoms with E-state index in [1.54, 1.807) is 4.90 Å². The Morgan fingerprint density at radius 3 is 2.71 bits per heavy atom. The Kier molecular flexibility index (Phi) is 5.00. The molecule has 2 aromatic carbocycles. The minimum atomic E-state index is -0.282. The van der Waals surface area contributed by atoms with Gasteiger partial charge in [-0.15, -0.1) is 0 Å². The van der Waals surface area contributed by atoms with Gasteiger partial charge in [0, 0.05) is 55.0 Å². The quantitative estimate of drug-likeness (QED) is 0.342. The van der Waals surface area contributed by atoms with E-state index in [-0.39, 0.29) is 17.7 Å². The van der Waals surface area contributed by atoms with Gasteiger partial charge in [-0.05, 0) is 67.8 Å². The van der Waals surface area contributed by atoms with Gasteiger partial charge >= 0.3 is 6.09 Å². The van der Waals surface area contributed by atoms with E-state index in [9.17, 15) is 4.79 Å². The Labute approximate surface area is 221 Å². The molecule has 0 N–H and O–H groups in total. The number of ether oxygens (including phenoxy) is 1. The number of benzene rings is 2. The molecule has 190 valence electrons. The number of rotatable bonds is 4. The van der Waals surface area contributed by atoms with Gasteiger partial charge in [-0.2, -0.15) is 5.26 Å². The zero-order chi connectivity index (χ0) is 26.0. The number of aromatic nitrogens is 3. The van der Waals surface area contributed by atoms with Gasteiger partial charge < -0.3 is 9.30 Å². The number of nitriles is 1. The summed E-state index contributed by atoms with van der Waals surface area (Å²) in [5.41, 5.74) is 6.96. The van der Waals surface area contributed by atoms with Crippen LogP contribution in [0.5, 0.6) is 0 Å². The molecule has 3 aliphatic rings. The average Bonchev–Trinajstić information content (AvgIpc) is 3.64. The zero-order valence-electron chi connectivity index (χ0n) is 21.5. The summed E-state index contributed by atoms with van der Waals surface area (Å²) in [5, 5.41) is 9.15. The number of nitrogens with zero attached hydrogens (tertiary/aromatic N) is 6. The van der Waals surface area contributed by atoms with Crippen LogP contribution in [0.15, 0.2) is 67.1 Å². The highest BCUT2D eigenvalue weighted by molar-refractivity contribution is 5.90. The normalized spacial score (nSPS) is 19.6. The number of amides is 1. The molecule has 5 heterocycles. The standard InChI is InChI=1S/C30H28N6O2/c1-30(2)9-11-34(30)18-25-19-36(29(37)38-25)24-7-8-26-23(13-24)17-33-16-22(21-5-3-20(15-31)4-6-21)14-27(33)28-32-10-12-35(26)28/h3-8,10,12-14,16,25H,9,11,17-19H2,1-2H3/t25-/m1/s1. The maximum Gasteiger partial charge on any atom is 0.414 e. The molecule has 0 aliphatic carbocycles. The summed E-state index contributed by atoms with van der Waals surface area (Å²) in [5.74, 6) is 0.870. The van der Waals surface area contributed by atoms with Gasteiger partial charge in [-0.25, -0.2) is 9.78 Å². The van der Waals surface area contributed by atoms with Crippen molar-refractivity contribution in [2.75, 3.05) is 24.5 Å². The maximum atomic E-state index is 12.9. The Bertz CT molecular complexity index is 1610. The summed E-state index contributed by atoms with van der Waals surface area (Å²) in [6.45, 7) is 7.50. The van der Waals surface area contributed by atoms with E-state index >= 15 is 0 Å². The van der Waals surface area contributed by atoms with Crippen LogP contribution in [0.1, 0.15) is 31.4 Å². The molecule has 8 nitrogen and oxygen atoms in total. The fraction of sp³-hybridized carbons (Fsp3) is 0.300. The van der Waals surface area contributed by atoms with Crippen molar-refractivity contribution in [1.29, 1.82) is 5.26 Å². The second-order valence-corrected chi connectivity index (χ2v) is 11.0. The Balaban J connectivity index is 1.20. The second-order valence-electron chi connectivity index (χ2n) is 11.0. The van der Waals surface area contributed by atoms with E-state index in [0.29, 0.717) is 18.7 Å². The number of fused-ring (bicyclic) bond motifs is 5. The van der Waals surface area contributed by atoms with Crippen LogP contribution in [-0.2, 0) is 11.3 Å². The van der Waals surface area contributed by atoms with Crippen molar-refractivity contribution in [1.82, 2.24) is 19.0 Å². The number of hydrogen-bond acceptors (Lipinski definition) is 5. The van der Waals surface area contributed by atoms with Gasteiger partial charge in [0.25, 0.3) is 0 Å². The molecule has 2 fully saturated rings. The van der Waals surface area contributed by atoms with Crippen LogP contribution in [0, 0.1) is 11.3 Å². The van der Waals surface area contributed by atoms with Crippen molar-refractivity contribution < 1.29 is 9.53 Å². The smallest absolute Gasteiger partial charge is 0.414 e. The lowest BCUT2D eigenvalue weighted by molar-refractivity contribution is -0.0147. The molecule has 1 atom stereocenters. The van der Waals surface area contributed by atoms with Crippen LogP contribution in [0.25, 0.3) is 28.3 Å². The third kappa shape index (κ3) is 3.62. The maximum absolute atomic E-state index is 12.9. The molecule has 2 saturated heterocycles. The lowest BCUT2D eigenvalue weighted by Crippen LogP contribution is -2.58. The predicted octanol–water partition coefficient (Wildman–Crippen LogP) is 5.05. The predicted molar refractivity (Wildman–Crippen MR) is 144 cm³/mol. The highest BCUT2D eigenvalue weighted by Gasteiger charge is 2.41. The third-order valence-corrected chi connectivity index (χ3v) is 8.24. The molecule has 0 unspecified atom stereocenters. The average molecular weight is 505 g/mol. The third-order valence-electron chi connectivity index (χ3n) is 8.24. The molecule has 1 amide bonds. The summed E-state index contributed by atoms with van der Waals surface area (Å²) >= 11 is 0. The van der Waals surface area contributed by atoms with Crippen molar-refractivity contribution in [3.63, 3.8) is 0 Å². The van der Waals surface area contributed by atoms with Gasteiger partial charge in [-0.3, -0.25) is 14.4 Å². The van der Waals surface area contributed by atoms with Gasteiger partial charge in [0.05, 0.1) is 29.6 Å². The van der Waals surface area contributed by atoms with Crippen LogP contribution in [0.3, 0.4) is 0 Å². The van der Waals surface area contributed by atoms with Gasteiger partial charge in [0.1, 0.15) is 6.10 Å². The topological polar surface area (TPSA) is 79.3 Å². The summed E-state index contributed by atoms with van der Waals surface area (Å²) in [4.78, 5) is 21.7. The van der Waals surface area contributed by atoms with Crippen LogP contribution >= 0.6 is 0 Å². The van der Waals surface area contributed by atoms with Crippen molar-refractivity contribution in [2.24, 2.45) is 0 Å². The van der Waals surface area contributed by atoms with Crippen molar-refractivity contribution in [2.45, 2.75) is 38.5 Å². The molecule has 2 aromatic heterocycles. The Morgan fingerprint density at radius 1 is 1.13 bits per heavy atom. The van der Waals surface area contributed by atoms with E-state index in [4.69, 9.17) is 10.00 Å². The molecule has 4 aromatic rings. The highest BCUT2D eigenvalue weighted by atomic mass is 16.6. The molecular formula is C30H28N6O2. The Morgan fingerprint density at radius 2 is 1.97 bits per heavy atom. The minimum absolute atomic E-state index is 0.132. The van der Waals surface area contributed by atoms with E-state index in [1.165, 1.54) is 6.42 Å². The number of cyclic esters (lactones) is 1. The monoisotopic (exact) mass is 504 g/mol. The number of imidazole rings is 1. The van der Waals surface area contributed by atoms with Crippen molar-refractivity contribution >= 4 is 11.8 Å². The SMILES string of the molecule is CC1(C)CCN1C[C@@H]1CN(c2ccc3c(c2)Cn2cc(-c4ccc(C#N)cc4)cc2-c2nccn2-3)C(=O)O1. The Hall–Kier alpha value is -4.35. The fourth-order valence-corrected chi connectivity index (χ4v) is 5.82. The van der Waals surface area contributed by atoms with Crippen LogP contribution in [0.4, 0.5) is 10.5 Å². The first-order valence-electron chi connectivity index (χ1n) is 13.0. The highest BCUT2D eigenvalue weighted by Crippen LogP contribution is 2.36. The van der Waals surface area contributed by atoms with Gasteiger partial charge in [0.15, 0.2) is 5.82 Å². The number of anilines is 1. The largest absolute Gasteiger partial charge is 0.443 e. The summed E-state index contributed by atoms with van der Waals surface area (Å²) in [7, 11) is 0. The second kappa shape index (κ2) is 8.33. The van der Waals surface area contributed by atoms with E-state index < -0.39 is 0 Å². The van der Waals surface area contributed by atoms with Crippen molar-refractivity contribution in [3.05, 3.63) is 78.2 Å². The molecule has 0 spiro atoms. The lowest BCUT2D eigenvalue weighted by atomic mass is 9.88. The van der Waals surface area contributed by atoms with Crippen LogP contribution in [0.2, 0.25) is 0 Å². The first-order valence-corrected chi connectivity index (χ1v) is 13.0. The zero-order valence-corrected chi connectivity index (χ0v) is 21.5. The van der Waals surface area contributed by atoms with Crippen molar-refractivity contribution in [3.8, 4) is 34.4 Å². The minimum Gasteiger partial charge on any atom is -0.443 e. The molecule has 38 heavy (non-hydrogen) atoms. The number of likely N-dealkylation sites (tertiary alicyclic amines) is 1.